The Morgan fingerprint density at radius 1 is 1.43 bits per heavy atom. The molecule has 0 saturated carbocycles. The number of guanidine groups is 1. The van der Waals surface area contributed by atoms with Crippen LogP contribution < -0.4 is 0 Å². The maximum absolute atomic E-state index is 12.5. The third-order valence-corrected chi connectivity index (χ3v) is 5.30. The second kappa shape index (κ2) is 7.22. The molecule has 2 rings (SSSR count). The fourth-order valence-electron chi connectivity index (χ4n) is 2.14. The molecule has 1 aliphatic heterocycles. The van der Waals surface area contributed by atoms with Gasteiger partial charge in [0.2, 0.25) is 0 Å². The summed E-state index contributed by atoms with van der Waals surface area (Å²) in [5.74, 6) is -0.0861. The van der Waals surface area contributed by atoms with Gasteiger partial charge in [-0.3, -0.25) is 9.05 Å². The van der Waals surface area contributed by atoms with Crippen LogP contribution in [0.1, 0.15) is 5.56 Å². The first-order chi connectivity index (χ1) is 10.9. The standard InChI is InChI=1S/C11H15ClN5O5P/c1-21-23(20,22-2)16-6-5-15(11(16)14-17(18)19)8-9-3-4-10(12)13-7-9/h3-4,7H,5-6,8H2,1-2H3. The Morgan fingerprint density at radius 3 is 2.65 bits per heavy atom. The van der Waals surface area contributed by atoms with Gasteiger partial charge in [0.25, 0.3) is 5.96 Å². The summed E-state index contributed by atoms with van der Waals surface area (Å²) >= 11 is 5.73. The highest BCUT2D eigenvalue weighted by Crippen LogP contribution is 2.52. The minimum absolute atomic E-state index is 0.0861. The zero-order chi connectivity index (χ0) is 17.0. The molecule has 12 heteroatoms. The maximum atomic E-state index is 12.5. The molecule has 10 nitrogen and oxygen atoms in total. The molecule has 126 valence electrons. The van der Waals surface area contributed by atoms with Crippen LogP contribution in [0.25, 0.3) is 0 Å². The zero-order valence-electron chi connectivity index (χ0n) is 12.5. The lowest BCUT2D eigenvalue weighted by atomic mass is 10.3. The largest absolute Gasteiger partial charge is 0.437 e. The lowest BCUT2D eigenvalue weighted by Crippen LogP contribution is -2.33. The van der Waals surface area contributed by atoms with Crippen LogP contribution in [0.3, 0.4) is 0 Å². The molecule has 1 aromatic rings. The van der Waals surface area contributed by atoms with E-state index in [-0.39, 0.29) is 12.5 Å². The predicted molar refractivity (Wildman–Crippen MR) is 82.4 cm³/mol. The van der Waals surface area contributed by atoms with Gasteiger partial charge in [-0.1, -0.05) is 17.7 Å². The summed E-state index contributed by atoms with van der Waals surface area (Å²) in [5.41, 5.74) is 0.775. The van der Waals surface area contributed by atoms with Crippen molar-refractivity contribution in [1.29, 1.82) is 0 Å². The Hall–Kier alpha value is -1.74. The number of rotatable bonds is 6. The highest BCUT2D eigenvalue weighted by molar-refractivity contribution is 7.52. The van der Waals surface area contributed by atoms with E-state index in [2.05, 4.69) is 10.1 Å². The molecule has 0 atom stereocenters. The molecule has 0 aromatic carbocycles. The lowest BCUT2D eigenvalue weighted by molar-refractivity contribution is -0.486. The molecular weight excluding hydrogens is 349 g/mol. The number of hydrogen-bond donors (Lipinski definition) is 0. The van der Waals surface area contributed by atoms with E-state index in [0.717, 1.165) is 5.56 Å². The summed E-state index contributed by atoms with van der Waals surface area (Å²) < 4.78 is 23.5. The van der Waals surface area contributed by atoms with Crippen LogP contribution in [0.15, 0.2) is 23.4 Å². The van der Waals surface area contributed by atoms with E-state index >= 15 is 0 Å². The zero-order valence-corrected chi connectivity index (χ0v) is 14.1. The molecule has 0 aliphatic carbocycles. The first-order valence-corrected chi connectivity index (χ1v) is 8.35. The van der Waals surface area contributed by atoms with E-state index in [9.17, 15) is 14.7 Å². The van der Waals surface area contributed by atoms with Crippen molar-refractivity contribution in [1.82, 2.24) is 14.6 Å². The second-order valence-corrected chi connectivity index (χ2v) is 7.04. The SMILES string of the molecule is COP(=O)(OC)N1CCN(Cc2ccc(Cl)nc2)C1=N[N+](=O)[O-]. The third-order valence-electron chi connectivity index (χ3n) is 3.19. The lowest BCUT2D eigenvalue weighted by Gasteiger charge is -2.25. The first-order valence-electron chi connectivity index (χ1n) is 6.47. The van der Waals surface area contributed by atoms with Crippen LogP contribution in [0.4, 0.5) is 0 Å². The van der Waals surface area contributed by atoms with Crippen molar-refractivity contribution in [2.24, 2.45) is 5.10 Å². The monoisotopic (exact) mass is 363 g/mol. The number of hydrogen-bond acceptors (Lipinski definition) is 6. The second-order valence-electron chi connectivity index (χ2n) is 4.51. The van der Waals surface area contributed by atoms with Crippen LogP contribution in [0.2, 0.25) is 5.15 Å². The summed E-state index contributed by atoms with van der Waals surface area (Å²) in [6.07, 6.45) is 1.56. The molecule has 0 N–H and O–H groups in total. The fourth-order valence-corrected chi connectivity index (χ4v) is 3.52. The van der Waals surface area contributed by atoms with Gasteiger partial charge in [-0.15, -0.1) is 0 Å². The average Bonchev–Trinajstić information content (AvgIpc) is 2.91. The maximum Gasteiger partial charge on any atom is 0.437 e. The van der Waals surface area contributed by atoms with Gasteiger partial charge in [0, 0.05) is 40.1 Å². The summed E-state index contributed by atoms with van der Waals surface area (Å²) in [6, 6.07) is 3.36. The Balaban J connectivity index is 2.28. The molecule has 0 radical (unpaired) electrons. The Labute approximate surface area is 137 Å². The fraction of sp³-hybridized carbons (Fsp3) is 0.455. The number of nitro groups is 1. The topological polar surface area (TPSA) is 110 Å². The highest BCUT2D eigenvalue weighted by Gasteiger charge is 2.42. The summed E-state index contributed by atoms with van der Waals surface area (Å²) in [7, 11) is -1.26. The van der Waals surface area contributed by atoms with E-state index in [1.807, 2.05) is 0 Å². The number of nitrogens with zero attached hydrogens (tertiary/aromatic N) is 5. The van der Waals surface area contributed by atoms with Crippen molar-refractivity contribution in [3.05, 3.63) is 39.2 Å². The highest BCUT2D eigenvalue weighted by atomic mass is 35.5. The van der Waals surface area contributed by atoms with Crippen LogP contribution in [0.5, 0.6) is 0 Å². The van der Waals surface area contributed by atoms with Crippen molar-refractivity contribution in [2.75, 3.05) is 27.3 Å². The smallest absolute Gasteiger partial charge is 0.331 e. The molecule has 1 aliphatic rings. The van der Waals surface area contributed by atoms with Crippen molar-refractivity contribution in [3.63, 3.8) is 0 Å². The molecule has 1 aromatic heterocycles. The van der Waals surface area contributed by atoms with Gasteiger partial charge < -0.3 is 4.90 Å². The van der Waals surface area contributed by atoms with Gasteiger partial charge in [0.1, 0.15) is 10.3 Å². The average molecular weight is 364 g/mol. The van der Waals surface area contributed by atoms with Gasteiger partial charge >= 0.3 is 7.75 Å². The normalized spacial score (nSPS) is 17.1. The van der Waals surface area contributed by atoms with Crippen LogP contribution in [0, 0.1) is 10.1 Å². The summed E-state index contributed by atoms with van der Waals surface area (Å²) in [5, 5.41) is 13.6. The summed E-state index contributed by atoms with van der Waals surface area (Å²) in [4.78, 5) is 16.4. The Bertz CT molecular complexity index is 647. The van der Waals surface area contributed by atoms with Crippen molar-refractivity contribution < 1.29 is 18.6 Å². The molecule has 1 saturated heterocycles. The minimum atomic E-state index is -3.67. The van der Waals surface area contributed by atoms with Gasteiger partial charge in [0.15, 0.2) is 5.03 Å². The van der Waals surface area contributed by atoms with E-state index in [1.54, 1.807) is 23.2 Å². The Morgan fingerprint density at radius 2 is 2.13 bits per heavy atom. The molecule has 0 unspecified atom stereocenters. The predicted octanol–water partition coefficient (Wildman–Crippen LogP) is 1.80. The van der Waals surface area contributed by atoms with Crippen molar-refractivity contribution in [3.8, 4) is 0 Å². The molecular formula is C11H15ClN5O5P. The quantitative estimate of drug-likeness (QED) is 0.325. The van der Waals surface area contributed by atoms with E-state index < -0.39 is 12.8 Å². The number of pyridine rings is 1. The minimum Gasteiger partial charge on any atom is -0.331 e. The summed E-state index contributed by atoms with van der Waals surface area (Å²) in [6.45, 7) is 0.874. The molecule has 23 heavy (non-hydrogen) atoms. The van der Waals surface area contributed by atoms with E-state index in [0.29, 0.717) is 18.2 Å². The number of hydrazone groups is 1. The first kappa shape index (κ1) is 17.6. The molecule has 1 fully saturated rings. The Kier molecular flexibility index (Phi) is 5.53. The van der Waals surface area contributed by atoms with Gasteiger partial charge in [-0.05, 0) is 11.6 Å². The van der Waals surface area contributed by atoms with Crippen LogP contribution in [-0.4, -0.2) is 52.9 Å². The van der Waals surface area contributed by atoms with E-state index in [4.69, 9.17) is 20.6 Å². The van der Waals surface area contributed by atoms with Gasteiger partial charge in [-0.25, -0.2) is 24.3 Å². The molecule has 0 amide bonds. The molecule has 2 heterocycles. The van der Waals surface area contributed by atoms with Crippen molar-refractivity contribution >= 4 is 25.3 Å². The van der Waals surface area contributed by atoms with Crippen molar-refractivity contribution in [2.45, 2.75) is 6.54 Å². The molecule has 0 bridgehead atoms. The van der Waals surface area contributed by atoms with Crippen LogP contribution in [-0.2, 0) is 20.2 Å². The molecule has 0 spiro atoms. The number of halogens is 1. The van der Waals surface area contributed by atoms with Gasteiger partial charge in [-0.2, -0.15) is 0 Å². The van der Waals surface area contributed by atoms with E-state index in [1.165, 1.54) is 18.9 Å². The van der Waals surface area contributed by atoms with Crippen LogP contribution >= 0.6 is 19.3 Å². The third kappa shape index (κ3) is 3.97. The van der Waals surface area contributed by atoms with Gasteiger partial charge in [0.05, 0.1) is 0 Å². The number of aromatic nitrogens is 1.